The zero-order valence-corrected chi connectivity index (χ0v) is 15.1. The lowest BCUT2D eigenvalue weighted by molar-refractivity contribution is -0.0406. The summed E-state index contributed by atoms with van der Waals surface area (Å²) in [4.78, 5) is 2.44. The lowest BCUT2D eigenvalue weighted by Gasteiger charge is -2.33. The highest BCUT2D eigenvalue weighted by atomic mass is 16.5. The predicted molar refractivity (Wildman–Crippen MR) is 94.4 cm³/mol. The van der Waals surface area contributed by atoms with Crippen LogP contribution in [-0.2, 0) is 17.8 Å². The number of aryl methyl sites for hydroxylation is 3. The van der Waals surface area contributed by atoms with Crippen molar-refractivity contribution >= 4 is 0 Å². The van der Waals surface area contributed by atoms with Gasteiger partial charge in [-0.3, -0.25) is 9.58 Å². The van der Waals surface area contributed by atoms with E-state index in [4.69, 9.17) is 9.47 Å². The molecule has 24 heavy (non-hydrogen) atoms. The van der Waals surface area contributed by atoms with Gasteiger partial charge in [-0.25, -0.2) is 0 Å². The van der Waals surface area contributed by atoms with Crippen LogP contribution in [0.25, 0.3) is 0 Å². The Morgan fingerprint density at radius 1 is 1.25 bits per heavy atom. The van der Waals surface area contributed by atoms with Gasteiger partial charge in [-0.2, -0.15) is 5.10 Å². The van der Waals surface area contributed by atoms with Crippen LogP contribution in [0.3, 0.4) is 0 Å². The van der Waals surface area contributed by atoms with Crippen LogP contribution in [0.1, 0.15) is 22.5 Å². The molecule has 130 valence electrons. The Bertz CT molecular complexity index is 696. The molecule has 1 atom stereocenters. The molecule has 0 aliphatic carbocycles. The molecule has 0 saturated carbocycles. The van der Waals surface area contributed by atoms with Crippen LogP contribution < -0.4 is 4.74 Å². The molecule has 1 saturated heterocycles. The first kappa shape index (κ1) is 17.0. The molecule has 3 rings (SSSR count). The van der Waals surface area contributed by atoms with Crippen LogP contribution in [0.2, 0.25) is 0 Å². The molecule has 1 fully saturated rings. The van der Waals surface area contributed by atoms with E-state index < -0.39 is 0 Å². The SMILES string of the molecule is COc1ccc(C)cc1CN1CCO[C@@H](Cn2nc(C)cc2C)C1. The molecule has 5 heteroatoms. The van der Waals surface area contributed by atoms with E-state index in [9.17, 15) is 0 Å². The number of benzene rings is 1. The van der Waals surface area contributed by atoms with E-state index in [2.05, 4.69) is 52.8 Å². The van der Waals surface area contributed by atoms with Gasteiger partial charge in [0.25, 0.3) is 0 Å². The number of hydrogen-bond donors (Lipinski definition) is 0. The third-order valence-electron chi connectivity index (χ3n) is 4.53. The second-order valence-corrected chi connectivity index (χ2v) is 6.65. The van der Waals surface area contributed by atoms with Gasteiger partial charge in [0.15, 0.2) is 0 Å². The summed E-state index contributed by atoms with van der Waals surface area (Å²) in [5.74, 6) is 0.960. The highest BCUT2D eigenvalue weighted by Crippen LogP contribution is 2.22. The number of methoxy groups -OCH3 is 1. The van der Waals surface area contributed by atoms with Gasteiger partial charge in [-0.05, 0) is 32.9 Å². The Hall–Kier alpha value is -1.85. The fourth-order valence-electron chi connectivity index (χ4n) is 3.36. The maximum Gasteiger partial charge on any atom is 0.123 e. The molecule has 1 aromatic carbocycles. The minimum atomic E-state index is 0.174. The number of ether oxygens (including phenoxy) is 2. The molecule has 0 spiro atoms. The smallest absolute Gasteiger partial charge is 0.123 e. The van der Waals surface area contributed by atoms with Crippen molar-refractivity contribution in [3.8, 4) is 5.75 Å². The summed E-state index contributed by atoms with van der Waals surface area (Å²) in [6.45, 7) is 10.6. The highest BCUT2D eigenvalue weighted by molar-refractivity contribution is 5.36. The quantitative estimate of drug-likeness (QED) is 0.845. The Labute approximate surface area is 144 Å². The van der Waals surface area contributed by atoms with E-state index in [0.29, 0.717) is 0 Å². The Balaban J connectivity index is 1.65. The second-order valence-electron chi connectivity index (χ2n) is 6.65. The van der Waals surface area contributed by atoms with Crippen LogP contribution in [0, 0.1) is 20.8 Å². The van der Waals surface area contributed by atoms with E-state index in [1.165, 1.54) is 16.8 Å². The Kier molecular flexibility index (Phi) is 5.21. The average molecular weight is 329 g/mol. The molecule has 0 amide bonds. The molecule has 1 aliphatic heterocycles. The third kappa shape index (κ3) is 3.97. The molecule has 1 aliphatic rings. The molecule has 0 radical (unpaired) electrons. The van der Waals surface area contributed by atoms with Crippen molar-refractivity contribution in [1.29, 1.82) is 0 Å². The van der Waals surface area contributed by atoms with Crippen molar-refractivity contribution < 1.29 is 9.47 Å². The number of aromatic nitrogens is 2. The molecule has 0 N–H and O–H groups in total. The zero-order valence-electron chi connectivity index (χ0n) is 15.1. The summed E-state index contributed by atoms with van der Waals surface area (Å²) >= 11 is 0. The van der Waals surface area contributed by atoms with Crippen molar-refractivity contribution in [1.82, 2.24) is 14.7 Å². The molecule has 1 aromatic heterocycles. The molecule has 5 nitrogen and oxygen atoms in total. The van der Waals surface area contributed by atoms with E-state index in [1.807, 2.05) is 6.92 Å². The third-order valence-corrected chi connectivity index (χ3v) is 4.53. The normalized spacial score (nSPS) is 18.8. The van der Waals surface area contributed by atoms with Crippen molar-refractivity contribution in [2.75, 3.05) is 26.8 Å². The van der Waals surface area contributed by atoms with Crippen molar-refractivity contribution in [2.24, 2.45) is 0 Å². The molecule has 2 aromatic rings. The number of rotatable bonds is 5. The average Bonchev–Trinajstić information content (AvgIpc) is 2.85. The van der Waals surface area contributed by atoms with E-state index in [-0.39, 0.29) is 6.10 Å². The fraction of sp³-hybridized carbons (Fsp3) is 0.526. The van der Waals surface area contributed by atoms with Crippen LogP contribution in [-0.4, -0.2) is 47.6 Å². The minimum absolute atomic E-state index is 0.174. The minimum Gasteiger partial charge on any atom is -0.496 e. The lowest BCUT2D eigenvalue weighted by Crippen LogP contribution is -2.44. The molecule has 2 heterocycles. The van der Waals surface area contributed by atoms with Gasteiger partial charge in [-0.1, -0.05) is 17.7 Å². The van der Waals surface area contributed by atoms with Crippen molar-refractivity contribution in [3.05, 3.63) is 46.8 Å². The predicted octanol–water partition coefficient (Wildman–Crippen LogP) is 2.72. The fourth-order valence-corrected chi connectivity index (χ4v) is 3.36. The first-order valence-electron chi connectivity index (χ1n) is 8.53. The maximum atomic E-state index is 5.96. The van der Waals surface area contributed by atoms with Gasteiger partial charge in [0.2, 0.25) is 0 Å². The van der Waals surface area contributed by atoms with Crippen LogP contribution in [0.15, 0.2) is 24.3 Å². The molecular formula is C19H27N3O2. The number of hydrogen-bond acceptors (Lipinski definition) is 4. The largest absolute Gasteiger partial charge is 0.496 e. The summed E-state index contributed by atoms with van der Waals surface area (Å²) < 4.78 is 13.5. The topological polar surface area (TPSA) is 39.5 Å². The summed E-state index contributed by atoms with van der Waals surface area (Å²) in [7, 11) is 1.74. The van der Waals surface area contributed by atoms with Gasteiger partial charge in [0, 0.05) is 30.9 Å². The van der Waals surface area contributed by atoms with E-state index in [1.54, 1.807) is 7.11 Å². The summed E-state index contributed by atoms with van der Waals surface area (Å²) in [5, 5.41) is 4.55. The van der Waals surface area contributed by atoms with Gasteiger partial charge < -0.3 is 9.47 Å². The van der Waals surface area contributed by atoms with Gasteiger partial charge in [0.1, 0.15) is 5.75 Å². The zero-order chi connectivity index (χ0) is 17.1. The molecular weight excluding hydrogens is 302 g/mol. The number of nitrogens with zero attached hydrogens (tertiary/aromatic N) is 3. The summed E-state index contributed by atoms with van der Waals surface area (Å²) in [5.41, 5.74) is 4.75. The standard InChI is InChI=1S/C19H27N3O2/c1-14-5-6-19(23-4)17(9-14)11-21-7-8-24-18(12-21)13-22-16(3)10-15(2)20-22/h5-6,9-10,18H,7-8,11-13H2,1-4H3/t18-/m1/s1. The van der Waals surface area contributed by atoms with Crippen LogP contribution in [0.4, 0.5) is 0 Å². The van der Waals surface area contributed by atoms with Crippen molar-refractivity contribution in [3.63, 3.8) is 0 Å². The first-order chi connectivity index (χ1) is 11.5. The molecule has 0 bridgehead atoms. The number of morpholine rings is 1. The highest BCUT2D eigenvalue weighted by Gasteiger charge is 2.22. The Morgan fingerprint density at radius 3 is 2.79 bits per heavy atom. The Morgan fingerprint density at radius 2 is 2.08 bits per heavy atom. The first-order valence-corrected chi connectivity index (χ1v) is 8.53. The summed E-state index contributed by atoms with van der Waals surface area (Å²) in [6.07, 6.45) is 0.174. The monoisotopic (exact) mass is 329 g/mol. The van der Waals surface area contributed by atoms with Crippen LogP contribution in [0.5, 0.6) is 5.75 Å². The summed E-state index contributed by atoms with van der Waals surface area (Å²) in [6, 6.07) is 8.47. The van der Waals surface area contributed by atoms with E-state index in [0.717, 1.165) is 44.2 Å². The maximum absolute atomic E-state index is 5.96. The van der Waals surface area contributed by atoms with Gasteiger partial charge >= 0.3 is 0 Å². The van der Waals surface area contributed by atoms with E-state index >= 15 is 0 Å². The second kappa shape index (κ2) is 7.36. The van der Waals surface area contributed by atoms with Gasteiger partial charge in [-0.15, -0.1) is 0 Å². The van der Waals surface area contributed by atoms with Gasteiger partial charge in [0.05, 0.1) is 32.1 Å². The van der Waals surface area contributed by atoms with Crippen LogP contribution >= 0.6 is 0 Å². The molecule has 0 unspecified atom stereocenters. The van der Waals surface area contributed by atoms with Crippen molar-refractivity contribution in [2.45, 2.75) is 40.0 Å². The lowest BCUT2D eigenvalue weighted by atomic mass is 10.1.